The molecular formula is C29H26F2N8O. The van der Waals surface area contributed by atoms with Crippen LogP contribution in [0.15, 0.2) is 61.2 Å². The van der Waals surface area contributed by atoms with Crippen molar-refractivity contribution in [2.75, 3.05) is 5.32 Å². The normalized spacial score (nSPS) is 12.8. The Morgan fingerprint density at radius 2 is 1.82 bits per heavy atom. The van der Waals surface area contributed by atoms with Gasteiger partial charge in [0, 0.05) is 29.1 Å². The SMILES string of the molecule is CC(C)(C)CC(O)Nc1cncc(-c2ncc3[nH]nc(-c4nc5nccc(-c6ccccc6F)c5[nH]4)c3c2F)c1. The van der Waals surface area contributed by atoms with E-state index in [1.54, 1.807) is 42.7 Å². The Hall–Kier alpha value is -4.77. The van der Waals surface area contributed by atoms with Crippen LogP contribution in [0.3, 0.4) is 0 Å². The van der Waals surface area contributed by atoms with Gasteiger partial charge in [0.15, 0.2) is 17.3 Å². The quantitative estimate of drug-likeness (QED) is 0.189. The molecule has 0 aliphatic heterocycles. The largest absolute Gasteiger partial charge is 0.374 e. The molecule has 202 valence electrons. The highest BCUT2D eigenvalue weighted by Crippen LogP contribution is 2.35. The van der Waals surface area contributed by atoms with E-state index in [2.05, 4.69) is 40.4 Å². The molecule has 0 saturated heterocycles. The van der Waals surface area contributed by atoms with Crippen LogP contribution in [0.25, 0.3) is 56.0 Å². The Bertz CT molecular complexity index is 1860. The Morgan fingerprint density at radius 1 is 1.00 bits per heavy atom. The first kappa shape index (κ1) is 25.5. The molecule has 40 heavy (non-hydrogen) atoms. The summed E-state index contributed by atoms with van der Waals surface area (Å²) < 4.78 is 30.6. The Kier molecular flexibility index (Phi) is 6.22. The summed E-state index contributed by atoms with van der Waals surface area (Å²) in [6, 6.07) is 9.80. The third-order valence-corrected chi connectivity index (χ3v) is 6.48. The molecule has 0 spiro atoms. The maximum atomic E-state index is 16.1. The average molecular weight is 541 g/mol. The minimum atomic E-state index is -0.797. The van der Waals surface area contributed by atoms with Gasteiger partial charge in [-0.15, -0.1) is 0 Å². The molecule has 1 unspecified atom stereocenters. The predicted octanol–water partition coefficient (Wildman–Crippen LogP) is 6.07. The van der Waals surface area contributed by atoms with Crippen molar-refractivity contribution in [1.82, 2.24) is 35.1 Å². The van der Waals surface area contributed by atoms with Crippen LogP contribution in [-0.2, 0) is 0 Å². The molecular weight excluding hydrogens is 514 g/mol. The fraction of sp³-hybridized carbons (Fsp3) is 0.207. The Morgan fingerprint density at radius 3 is 2.62 bits per heavy atom. The van der Waals surface area contributed by atoms with E-state index in [1.807, 2.05) is 20.8 Å². The molecule has 9 nitrogen and oxygen atoms in total. The number of aromatic nitrogens is 7. The molecule has 0 saturated carbocycles. The molecule has 0 aliphatic carbocycles. The Labute approximate surface area is 227 Å². The van der Waals surface area contributed by atoms with Crippen LogP contribution in [0.4, 0.5) is 14.5 Å². The van der Waals surface area contributed by atoms with Crippen LogP contribution in [-0.4, -0.2) is 46.5 Å². The molecule has 0 radical (unpaired) electrons. The summed E-state index contributed by atoms with van der Waals surface area (Å²) in [5.41, 5.74) is 3.37. The van der Waals surface area contributed by atoms with Gasteiger partial charge in [0.05, 0.1) is 34.5 Å². The first-order chi connectivity index (χ1) is 19.2. The number of nitrogens with zero attached hydrogens (tertiary/aromatic N) is 5. The molecule has 5 heterocycles. The number of fused-ring (bicyclic) bond motifs is 2. The highest BCUT2D eigenvalue weighted by atomic mass is 19.1. The molecule has 11 heteroatoms. The van der Waals surface area contributed by atoms with Gasteiger partial charge < -0.3 is 15.4 Å². The van der Waals surface area contributed by atoms with Crippen molar-refractivity contribution in [2.24, 2.45) is 5.41 Å². The minimum absolute atomic E-state index is 0.0675. The van der Waals surface area contributed by atoms with Gasteiger partial charge in [0.2, 0.25) is 0 Å². The molecule has 0 aliphatic rings. The summed E-state index contributed by atoms with van der Waals surface area (Å²) in [7, 11) is 0. The molecule has 5 aromatic heterocycles. The molecule has 1 atom stereocenters. The van der Waals surface area contributed by atoms with Gasteiger partial charge in [-0.2, -0.15) is 5.10 Å². The van der Waals surface area contributed by atoms with Crippen molar-refractivity contribution in [3.8, 4) is 33.9 Å². The fourth-order valence-electron chi connectivity index (χ4n) is 4.75. The standard InChI is InChI=1S/C29H26F2N8O/c1-29(2,3)11-21(40)35-16-10-15(12-32-13-16)24-23(31)22-20(14-34-24)38-39-26(22)28-36-25-18(8-9-33-27(25)37-28)17-6-4-5-7-19(17)30/h4-10,12-14,21,35,40H,11H2,1-3H3,(H,38,39)(H,33,36,37). The van der Waals surface area contributed by atoms with Crippen LogP contribution in [0.1, 0.15) is 27.2 Å². The predicted molar refractivity (Wildman–Crippen MR) is 149 cm³/mol. The van der Waals surface area contributed by atoms with E-state index in [0.29, 0.717) is 45.5 Å². The van der Waals surface area contributed by atoms with Crippen LogP contribution < -0.4 is 5.32 Å². The number of pyridine rings is 3. The van der Waals surface area contributed by atoms with Crippen LogP contribution in [0.5, 0.6) is 0 Å². The number of rotatable bonds is 6. The number of aromatic amines is 2. The smallest absolute Gasteiger partial charge is 0.178 e. The third kappa shape index (κ3) is 4.75. The van der Waals surface area contributed by atoms with Crippen LogP contribution in [0, 0.1) is 17.0 Å². The first-order valence-corrected chi connectivity index (χ1v) is 12.7. The van der Waals surface area contributed by atoms with E-state index in [4.69, 9.17) is 0 Å². The monoisotopic (exact) mass is 540 g/mol. The number of aliphatic hydroxyl groups excluding tert-OH is 1. The average Bonchev–Trinajstić information content (AvgIpc) is 3.53. The summed E-state index contributed by atoms with van der Waals surface area (Å²) in [6.07, 6.45) is 5.82. The third-order valence-electron chi connectivity index (χ3n) is 6.48. The second kappa shape index (κ2) is 9.76. The number of hydrogen-bond acceptors (Lipinski definition) is 7. The zero-order valence-electron chi connectivity index (χ0n) is 22.0. The topological polar surface area (TPSA) is 128 Å². The number of halogens is 2. The van der Waals surface area contributed by atoms with Gasteiger partial charge >= 0.3 is 0 Å². The maximum absolute atomic E-state index is 16.1. The van der Waals surface area contributed by atoms with E-state index in [-0.39, 0.29) is 33.8 Å². The van der Waals surface area contributed by atoms with Crippen LogP contribution >= 0.6 is 0 Å². The van der Waals surface area contributed by atoms with Crippen molar-refractivity contribution >= 4 is 27.8 Å². The Balaban J connectivity index is 1.41. The van der Waals surface area contributed by atoms with Gasteiger partial charge in [-0.05, 0) is 30.0 Å². The summed E-state index contributed by atoms with van der Waals surface area (Å²) in [6.45, 7) is 6.09. The van der Waals surface area contributed by atoms with Gasteiger partial charge in [-0.3, -0.25) is 15.1 Å². The van der Waals surface area contributed by atoms with Crippen LogP contribution in [0.2, 0.25) is 0 Å². The molecule has 1 aromatic carbocycles. The number of imidazole rings is 1. The van der Waals surface area contributed by atoms with Gasteiger partial charge in [0.25, 0.3) is 0 Å². The minimum Gasteiger partial charge on any atom is -0.374 e. The summed E-state index contributed by atoms with van der Waals surface area (Å²) in [5.74, 6) is -0.722. The maximum Gasteiger partial charge on any atom is 0.178 e. The molecule has 0 fully saturated rings. The lowest BCUT2D eigenvalue weighted by atomic mass is 9.91. The van der Waals surface area contributed by atoms with E-state index < -0.39 is 12.0 Å². The lowest BCUT2D eigenvalue weighted by Crippen LogP contribution is -2.25. The highest BCUT2D eigenvalue weighted by Gasteiger charge is 2.22. The molecule has 6 aromatic rings. The fourth-order valence-corrected chi connectivity index (χ4v) is 4.75. The number of anilines is 1. The van der Waals surface area contributed by atoms with Crippen molar-refractivity contribution < 1.29 is 13.9 Å². The number of H-pyrrole nitrogens is 2. The highest BCUT2D eigenvalue weighted by molar-refractivity contribution is 5.97. The number of nitrogens with one attached hydrogen (secondary N) is 3. The number of benzene rings is 1. The lowest BCUT2D eigenvalue weighted by molar-refractivity contribution is 0.145. The molecule has 0 amide bonds. The number of aliphatic hydroxyl groups is 1. The van der Waals surface area contributed by atoms with Crippen molar-refractivity contribution in [3.05, 3.63) is 72.8 Å². The van der Waals surface area contributed by atoms with E-state index in [1.165, 1.54) is 18.5 Å². The van der Waals surface area contributed by atoms with E-state index >= 15 is 4.39 Å². The van der Waals surface area contributed by atoms with Gasteiger partial charge in [0.1, 0.15) is 23.4 Å². The summed E-state index contributed by atoms with van der Waals surface area (Å²) >= 11 is 0. The first-order valence-electron chi connectivity index (χ1n) is 12.7. The molecule has 6 rings (SSSR count). The van der Waals surface area contributed by atoms with E-state index in [0.717, 1.165) is 0 Å². The van der Waals surface area contributed by atoms with Crippen molar-refractivity contribution in [2.45, 2.75) is 33.4 Å². The second-order valence-corrected chi connectivity index (χ2v) is 10.8. The molecule has 0 bridgehead atoms. The lowest BCUT2D eigenvalue weighted by Gasteiger charge is -2.23. The van der Waals surface area contributed by atoms with Crippen molar-refractivity contribution in [3.63, 3.8) is 0 Å². The van der Waals surface area contributed by atoms with Gasteiger partial charge in [-0.25, -0.2) is 18.7 Å². The van der Waals surface area contributed by atoms with Crippen molar-refractivity contribution in [1.29, 1.82) is 0 Å². The zero-order valence-corrected chi connectivity index (χ0v) is 22.0. The molecule has 4 N–H and O–H groups in total. The van der Waals surface area contributed by atoms with E-state index in [9.17, 15) is 9.50 Å². The van der Waals surface area contributed by atoms with Gasteiger partial charge in [-0.1, -0.05) is 39.0 Å². The number of hydrogen-bond donors (Lipinski definition) is 4. The summed E-state index contributed by atoms with van der Waals surface area (Å²) in [4.78, 5) is 20.5. The zero-order chi connectivity index (χ0) is 28.0. The summed E-state index contributed by atoms with van der Waals surface area (Å²) in [5, 5.41) is 20.7. The second-order valence-electron chi connectivity index (χ2n) is 10.8.